The smallest absolute Gasteiger partial charge is 0.220 e. The number of rotatable bonds is 2. The lowest BCUT2D eigenvalue weighted by atomic mass is 9.96. The number of nitrogens with zero attached hydrogens (tertiary/aromatic N) is 1. The minimum atomic E-state index is 0.196. The van der Waals surface area contributed by atoms with E-state index in [4.69, 9.17) is 0 Å². The van der Waals surface area contributed by atoms with Crippen LogP contribution in [0.5, 0.6) is 0 Å². The average Bonchev–Trinajstić information content (AvgIpc) is 2.87. The summed E-state index contributed by atoms with van der Waals surface area (Å²) in [5.41, 5.74) is 5.65. The zero-order valence-electron chi connectivity index (χ0n) is 13.3. The molecule has 1 aliphatic carbocycles. The van der Waals surface area contributed by atoms with Crippen LogP contribution in [0.25, 0.3) is 11.1 Å². The van der Waals surface area contributed by atoms with E-state index in [-0.39, 0.29) is 5.91 Å². The Morgan fingerprint density at radius 3 is 2.30 bits per heavy atom. The van der Waals surface area contributed by atoms with Crippen molar-refractivity contribution in [2.24, 2.45) is 0 Å². The Bertz CT molecular complexity index is 668. The second-order valence-corrected chi connectivity index (χ2v) is 6.48. The van der Waals surface area contributed by atoms with Crippen molar-refractivity contribution in [3.05, 3.63) is 59.7 Å². The predicted octanol–water partition coefficient (Wildman–Crippen LogP) is 3.01. The third-order valence-electron chi connectivity index (χ3n) is 5.03. The molecule has 1 N–H and O–H groups in total. The van der Waals surface area contributed by atoms with Crippen molar-refractivity contribution in [3.8, 4) is 11.1 Å². The summed E-state index contributed by atoms with van der Waals surface area (Å²) in [5.74, 6) is 0.638. The molecule has 0 bridgehead atoms. The van der Waals surface area contributed by atoms with E-state index in [1.165, 1.54) is 22.3 Å². The lowest BCUT2D eigenvalue weighted by molar-refractivity contribution is -0.121. The second-order valence-electron chi connectivity index (χ2n) is 6.48. The topological polar surface area (TPSA) is 32.3 Å². The van der Waals surface area contributed by atoms with Crippen molar-refractivity contribution < 1.29 is 4.79 Å². The zero-order valence-corrected chi connectivity index (χ0v) is 13.3. The van der Waals surface area contributed by atoms with Crippen LogP contribution in [0.3, 0.4) is 0 Å². The van der Waals surface area contributed by atoms with Gasteiger partial charge >= 0.3 is 0 Å². The molecule has 1 amide bonds. The van der Waals surface area contributed by atoms with Gasteiger partial charge in [0.2, 0.25) is 5.91 Å². The molecule has 0 unspecified atom stereocenters. The van der Waals surface area contributed by atoms with Gasteiger partial charge in [0, 0.05) is 32.0 Å². The van der Waals surface area contributed by atoms with Gasteiger partial charge in [-0.05, 0) is 35.2 Å². The van der Waals surface area contributed by atoms with E-state index < -0.39 is 0 Å². The van der Waals surface area contributed by atoms with Gasteiger partial charge in [-0.1, -0.05) is 48.5 Å². The average molecular weight is 306 g/mol. The first-order valence-electron chi connectivity index (χ1n) is 8.50. The molecule has 0 aromatic heterocycles. The van der Waals surface area contributed by atoms with Gasteiger partial charge in [-0.25, -0.2) is 0 Å². The van der Waals surface area contributed by atoms with Crippen molar-refractivity contribution in [1.82, 2.24) is 10.2 Å². The van der Waals surface area contributed by atoms with E-state index in [0.29, 0.717) is 12.3 Å². The molecule has 2 aliphatic rings. The lowest BCUT2D eigenvalue weighted by Gasteiger charge is -2.28. The highest BCUT2D eigenvalue weighted by Gasteiger charge is 2.29. The van der Waals surface area contributed by atoms with Gasteiger partial charge in [-0.3, -0.25) is 4.79 Å². The second kappa shape index (κ2) is 6.17. The van der Waals surface area contributed by atoms with Crippen molar-refractivity contribution in [2.45, 2.75) is 18.8 Å². The van der Waals surface area contributed by atoms with E-state index in [2.05, 4.69) is 58.7 Å². The maximum Gasteiger partial charge on any atom is 0.220 e. The molecule has 118 valence electrons. The Morgan fingerprint density at radius 2 is 1.61 bits per heavy atom. The van der Waals surface area contributed by atoms with Crippen LogP contribution in [0.15, 0.2) is 48.5 Å². The fraction of sp³-hybridized carbons (Fsp3) is 0.350. The molecule has 2 aromatic rings. The van der Waals surface area contributed by atoms with Gasteiger partial charge in [-0.2, -0.15) is 0 Å². The third-order valence-corrected chi connectivity index (χ3v) is 5.03. The van der Waals surface area contributed by atoms with Crippen LogP contribution in [0, 0.1) is 0 Å². The summed E-state index contributed by atoms with van der Waals surface area (Å²) in [5, 5.41) is 3.00. The van der Waals surface area contributed by atoms with Crippen LogP contribution >= 0.6 is 0 Å². The molecule has 3 nitrogen and oxygen atoms in total. The molecule has 4 rings (SSSR count). The Kier molecular flexibility index (Phi) is 3.88. The summed E-state index contributed by atoms with van der Waals surface area (Å²) in [4.78, 5) is 14.0. The highest BCUT2D eigenvalue weighted by atomic mass is 16.1. The molecule has 1 fully saturated rings. The van der Waals surface area contributed by atoms with Crippen molar-refractivity contribution >= 4 is 5.91 Å². The van der Waals surface area contributed by atoms with E-state index in [9.17, 15) is 4.79 Å². The van der Waals surface area contributed by atoms with Crippen molar-refractivity contribution in [1.29, 1.82) is 0 Å². The van der Waals surface area contributed by atoms with Crippen molar-refractivity contribution in [3.63, 3.8) is 0 Å². The van der Waals surface area contributed by atoms with Gasteiger partial charge in [0.05, 0.1) is 0 Å². The van der Waals surface area contributed by atoms with Gasteiger partial charge in [-0.15, -0.1) is 0 Å². The summed E-state index contributed by atoms with van der Waals surface area (Å²) in [7, 11) is 0. The van der Waals surface area contributed by atoms with Gasteiger partial charge in [0.1, 0.15) is 0 Å². The standard InChI is InChI=1S/C20H22N2O/c23-20-10-5-12-22(13-11-21-20)14-19-17-8-3-1-6-15(17)16-7-2-4-9-18(16)19/h1-4,6-9,19H,5,10-14H2,(H,21,23). The van der Waals surface area contributed by atoms with E-state index in [1.54, 1.807) is 0 Å². The molecule has 23 heavy (non-hydrogen) atoms. The molecule has 3 heteroatoms. The van der Waals surface area contributed by atoms with E-state index in [1.807, 2.05) is 0 Å². The number of benzene rings is 2. The third kappa shape index (κ3) is 2.77. The highest BCUT2D eigenvalue weighted by molar-refractivity contribution is 5.79. The Labute approximate surface area is 137 Å². The summed E-state index contributed by atoms with van der Waals surface area (Å²) >= 11 is 0. The van der Waals surface area contributed by atoms with E-state index >= 15 is 0 Å². The molecular formula is C20H22N2O. The number of carbonyl (C=O) groups is 1. The molecular weight excluding hydrogens is 284 g/mol. The SMILES string of the molecule is O=C1CCCN(CC2c3ccccc3-c3ccccc32)CCN1. The normalized spacial score (nSPS) is 18.7. The zero-order chi connectivity index (χ0) is 15.6. The molecule has 0 radical (unpaired) electrons. The fourth-order valence-corrected chi connectivity index (χ4v) is 3.91. The number of carbonyl (C=O) groups excluding carboxylic acids is 1. The first-order valence-corrected chi connectivity index (χ1v) is 8.50. The minimum Gasteiger partial charge on any atom is -0.355 e. The highest BCUT2D eigenvalue weighted by Crippen LogP contribution is 2.44. The van der Waals surface area contributed by atoms with E-state index in [0.717, 1.165) is 32.6 Å². The molecule has 1 heterocycles. The summed E-state index contributed by atoms with van der Waals surface area (Å²) in [6.45, 7) is 3.74. The molecule has 1 aliphatic heterocycles. The first kappa shape index (κ1) is 14.5. The number of hydrogen-bond donors (Lipinski definition) is 1. The largest absolute Gasteiger partial charge is 0.355 e. The van der Waals surface area contributed by atoms with Crippen molar-refractivity contribution in [2.75, 3.05) is 26.2 Å². The maximum absolute atomic E-state index is 11.5. The number of fused-ring (bicyclic) bond motifs is 3. The van der Waals surface area contributed by atoms with Crippen LogP contribution in [-0.4, -0.2) is 37.0 Å². The minimum absolute atomic E-state index is 0.196. The maximum atomic E-state index is 11.5. The van der Waals surface area contributed by atoms with Crippen LogP contribution in [0.4, 0.5) is 0 Å². The first-order chi connectivity index (χ1) is 11.3. The molecule has 1 saturated heterocycles. The Hall–Kier alpha value is -2.13. The van der Waals surface area contributed by atoms with Gasteiger partial charge < -0.3 is 10.2 Å². The summed E-state index contributed by atoms with van der Waals surface area (Å²) in [6.07, 6.45) is 1.59. The number of hydrogen-bond acceptors (Lipinski definition) is 2. The fourth-order valence-electron chi connectivity index (χ4n) is 3.91. The van der Waals surface area contributed by atoms with Crippen LogP contribution in [0.1, 0.15) is 29.9 Å². The molecule has 0 atom stereocenters. The quantitative estimate of drug-likeness (QED) is 0.925. The molecule has 0 saturated carbocycles. The lowest BCUT2D eigenvalue weighted by Crippen LogP contribution is -2.40. The number of amides is 1. The van der Waals surface area contributed by atoms with Gasteiger partial charge in [0.25, 0.3) is 0 Å². The van der Waals surface area contributed by atoms with Crippen LogP contribution in [0.2, 0.25) is 0 Å². The summed E-state index contributed by atoms with van der Waals surface area (Å²) < 4.78 is 0. The Morgan fingerprint density at radius 1 is 0.957 bits per heavy atom. The number of nitrogens with one attached hydrogen (secondary N) is 1. The predicted molar refractivity (Wildman–Crippen MR) is 92.4 cm³/mol. The monoisotopic (exact) mass is 306 g/mol. The molecule has 0 spiro atoms. The van der Waals surface area contributed by atoms with Crippen LogP contribution < -0.4 is 5.32 Å². The van der Waals surface area contributed by atoms with Gasteiger partial charge in [0.15, 0.2) is 0 Å². The van der Waals surface area contributed by atoms with Crippen LogP contribution in [-0.2, 0) is 4.79 Å². The summed E-state index contributed by atoms with van der Waals surface area (Å²) in [6, 6.07) is 17.6. The Balaban J connectivity index is 1.60. The molecule has 2 aromatic carbocycles.